The highest BCUT2D eigenvalue weighted by atomic mass is 16.2. The SMILES string of the molecule is CC(C(=O)N1CCC(n2cnnc2)CC1)n1cnc2ccccc2c1=O. The van der Waals surface area contributed by atoms with Gasteiger partial charge in [-0.1, -0.05) is 12.1 Å². The van der Waals surface area contributed by atoms with Crippen LogP contribution in [0.2, 0.25) is 0 Å². The van der Waals surface area contributed by atoms with Gasteiger partial charge in [0.25, 0.3) is 5.56 Å². The topological polar surface area (TPSA) is 85.9 Å². The highest BCUT2D eigenvalue weighted by molar-refractivity contribution is 5.81. The van der Waals surface area contributed by atoms with Crippen LogP contribution in [-0.4, -0.2) is 48.2 Å². The second kappa shape index (κ2) is 6.70. The van der Waals surface area contributed by atoms with Gasteiger partial charge in [-0.15, -0.1) is 10.2 Å². The monoisotopic (exact) mass is 352 g/mol. The number of para-hydroxylation sites is 1. The Labute approximate surface area is 150 Å². The highest BCUT2D eigenvalue weighted by Gasteiger charge is 2.28. The fourth-order valence-electron chi connectivity index (χ4n) is 3.52. The summed E-state index contributed by atoms with van der Waals surface area (Å²) >= 11 is 0. The maximum absolute atomic E-state index is 12.9. The average Bonchev–Trinajstić information content (AvgIpc) is 3.22. The Hall–Kier alpha value is -3.03. The molecule has 8 heteroatoms. The molecule has 2 aromatic heterocycles. The lowest BCUT2D eigenvalue weighted by molar-refractivity contribution is -0.135. The zero-order valence-corrected chi connectivity index (χ0v) is 14.5. The third-order valence-corrected chi connectivity index (χ3v) is 5.10. The standard InChI is InChI=1S/C18H20N6O2/c1-13(24-10-19-16-5-3-2-4-15(16)18(24)26)17(25)22-8-6-14(7-9-22)23-11-20-21-12-23/h2-5,10-14H,6-9H2,1H3. The first-order chi connectivity index (χ1) is 12.6. The number of amides is 1. The predicted octanol–water partition coefficient (Wildman–Crippen LogP) is 1.41. The maximum atomic E-state index is 12.9. The summed E-state index contributed by atoms with van der Waals surface area (Å²) in [6.45, 7) is 3.07. The first-order valence-electron chi connectivity index (χ1n) is 8.74. The van der Waals surface area contributed by atoms with Gasteiger partial charge < -0.3 is 9.47 Å². The Kier molecular flexibility index (Phi) is 4.24. The Morgan fingerprint density at radius 2 is 1.81 bits per heavy atom. The molecule has 0 N–H and O–H groups in total. The minimum Gasteiger partial charge on any atom is -0.341 e. The Morgan fingerprint density at radius 1 is 1.12 bits per heavy atom. The zero-order valence-electron chi connectivity index (χ0n) is 14.5. The molecule has 0 aliphatic carbocycles. The lowest BCUT2D eigenvalue weighted by atomic mass is 10.0. The van der Waals surface area contributed by atoms with Gasteiger partial charge in [0.05, 0.1) is 17.2 Å². The minimum absolute atomic E-state index is 0.0496. The normalized spacial score (nSPS) is 16.7. The molecule has 3 heterocycles. The smallest absolute Gasteiger partial charge is 0.261 e. The Morgan fingerprint density at radius 3 is 2.54 bits per heavy atom. The molecule has 3 aromatic rings. The Bertz CT molecular complexity index is 973. The molecular formula is C18H20N6O2. The molecule has 0 bridgehead atoms. The van der Waals surface area contributed by atoms with Crippen molar-refractivity contribution in [2.24, 2.45) is 0 Å². The van der Waals surface area contributed by atoms with Gasteiger partial charge in [-0.2, -0.15) is 0 Å². The fraction of sp³-hybridized carbons (Fsp3) is 0.389. The molecule has 1 saturated heterocycles. The van der Waals surface area contributed by atoms with Crippen LogP contribution < -0.4 is 5.56 Å². The molecule has 26 heavy (non-hydrogen) atoms. The number of rotatable bonds is 3. The van der Waals surface area contributed by atoms with Crippen molar-refractivity contribution in [1.82, 2.24) is 29.2 Å². The van der Waals surface area contributed by atoms with Crippen molar-refractivity contribution in [2.75, 3.05) is 13.1 Å². The van der Waals surface area contributed by atoms with E-state index < -0.39 is 6.04 Å². The summed E-state index contributed by atoms with van der Waals surface area (Å²) in [7, 11) is 0. The summed E-state index contributed by atoms with van der Waals surface area (Å²) in [4.78, 5) is 31.7. The molecule has 1 unspecified atom stereocenters. The van der Waals surface area contributed by atoms with Crippen LogP contribution in [0.4, 0.5) is 0 Å². The largest absolute Gasteiger partial charge is 0.341 e. The maximum Gasteiger partial charge on any atom is 0.261 e. The number of nitrogens with zero attached hydrogens (tertiary/aromatic N) is 6. The van der Waals surface area contributed by atoms with Crippen molar-refractivity contribution in [1.29, 1.82) is 0 Å². The second-order valence-electron chi connectivity index (χ2n) is 6.62. The van der Waals surface area contributed by atoms with E-state index in [1.165, 1.54) is 10.9 Å². The van der Waals surface area contributed by atoms with Crippen LogP contribution in [0.1, 0.15) is 31.8 Å². The number of aromatic nitrogens is 5. The summed E-state index contributed by atoms with van der Waals surface area (Å²) in [6.07, 6.45) is 6.59. The first-order valence-corrected chi connectivity index (χ1v) is 8.74. The van der Waals surface area contributed by atoms with Crippen LogP contribution in [0.15, 0.2) is 48.0 Å². The summed E-state index contributed by atoms with van der Waals surface area (Å²) in [5.41, 5.74) is 0.457. The molecule has 0 radical (unpaired) electrons. The number of benzene rings is 1. The van der Waals surface area contributed by atoms with Crippen LogP contribution in [0.5, 0.6) is 0 Å². The summed E-state index contributed by atoms with van der Waals surface area (Å²) in [5, 5.41) is 8.21. The van der Waals surface area contributed by atoms with Gasteiger partial charge in [-0.25, -0.2) is 4.98 Å². The number of hydrogen-bond acceptors (Lipinski definition) is 5. The van der Waals surface area contributed by atoms with Crippen LogP contribution in [0, 0.1) is 0 Å². The van der Waals surface area contributed by atoms with Gasteiger partial charge in [-0.05, 0) is 31.9 Å². The van der Waals surface area contributed by atoms with Gasteiger partial charge in [0.15, 0.2) is 0 Å². The predicted molar refractivity (Wildman–Crippen MR) is 95.6 cm³/mol. The van der Waals surface area contributed by atoms with Crippen molar-refractivity contribution < 1.29 is 4.79 Å². The number of carbonyl (C=O) groups is 1. The lowest BCUT2D eigenvalue weighted by Crippen LogP contribution is -2.43. The van der Waals surface area contributed by atoms with Gasteiger partial charge >= 0.3 is 0 Å². The number of likely N-dealkylation sites (tertiary alicyclic amines) is 1. The van der Waals surface area contributed by atoms with E-state index in [0.717, 1.165) is 12.8 Å². The van der Waals surface area contributed by atoms with E-state index in [0.29, 0.717) is 30.0 Å². The summed E-state index contributed by atoms with van der Waals surface area (Å²) < 4.78 is 3.42. The molecule has 134 valence electrons. The molecule has 1 aliphatic heterocycles. The van der Waals surface area contributed by atoms with E-state index >= 15 is 0 Å². The number of carbonyl (C=O) groups excluding carboxylic acids is 1. The number of hydrogen-bond donors (Lipinski definition) is 0. The summed E-state index contributed by atoms with van der Waals surface area (Å²) in [5.74, 6) is -0.0496. The van der Waals surface area contributed by atoms with E-state index in [1.54, 1.807) is 37.8 Å². The third kappa shape index (κ3) is 2.87. The Balaban J connectivity index is 1.50. The van der Waals surface area contributed by atoms with Crippen molar-refractivity contribution >= 4 is 16.8 Å². The molecule has 0 saturated carbocycles. The quantitative estimate of drug-likeness (QED) is 0.711. The van der Waals surface area contributed by atoms with Crippen molar-refractivity contribution in [3.63, 3.8) is 0 Å². The van der Waals surface area contributed by atoms with Crippen LogP contribution in [0.3, 0.4) is 0 Å². The van der Waals surface area contributed by atoms with E-state index in [4.69, 9.17) is 0 Å². The second-order valence-corrected chi connectivity index (χ2v) is 6.62. The minimum atomic E-state index is -0.578. The van der Waals surface area contributed by atoms with E-state index in [9.17, 15) is 9.59 Å². The summed E-state index contributed by atoms with van der Waals surface area (Å²) in [6, 6.07) is 6.92. The van der Waals surface area contributed by atoms with Crippen LogP contribution in [-0.2, 0) is 4.79 Å². The molecule has 4 rings (SSSR count). The molecule has 1 amide bonds. The number of fused-ring (bicyclic) bond motifs is 1. The van der Waals surface area contributed by atoms with Crippen LogP contribution >= 0.6 is 0 Å². The number of piperidine rings is 1. The fourth-order valence-corrected chi connectivity index (χ4v) is 3.52. The molecule has 8 nitrogen and oxygen atoms in total. The van der Waals surface area contributed by atoms with Crippen molar-refractivity contribution in [3.8, 4) is 0 Å². The first kappa shape index (κ1) is 16.4. The molecule has 1 fully saturated rings. The molecule has 1 aromatic carbocycles. The highest BCUT2D eigenvalue weighted by Crippen LogP contribution is 2.23. The van der Waals surface area contributed by atoms with E-state index in [-0.39, 0.29) is 11.5 Å². The molecule has 1 atom stereocenters. The van der Waals surface area contributed by atoms with Gasteiger partial charge in [0.2, 0.25) is 5.91 Å². The third-order valence-electron chi connectivity index (χ3n) is 5.10. The van der Waals surface area contributed by atoms with Gasteiger partial charge in [0, 0.05) is 19.1 Å². The van der Waals surface area contributed by atoms with Crippen molar-refractivity contribution in [2.45, 2.75) is 31.8 Å². The van der Waals surface area contributed by atoms with Gasteiger partial charge in [0.1, 0.15) is 18.7 Å². The molecule has 0 spiro atoms. The van der Waals surface area contributed by atoms with E-state index in [2.05, 4.69) is 15.2 Å². The molecule has 1 aliphatic rings. The van der Waals surface area contributed by atoms with Crippen LogP contribution in [0.25, 0.3) is 10.9 Å². The van der Waals surface area contributed by atoms with Gasteiger partial charge in [-0.3, -0.25) is 14.2 Å². The average molecular weight is 352 g/mol. The lowest BCUT2D eigenvalue weighted by Gasteiger charge is -2.34. The zero-order chi connectivity index (χ0) is 18.1. The van der Waals surface area contributed by atoms with Crippen molar-refractivity contribution in [3.05, 3.63) is 53.6 Å². The van der Waals surface area contributed by atoms with E-state index in [1.807, 2.05) is 15.5 Å². The molecular weight excluding hydrogens is 332 g/mol.